The zero-order chi connectivity index (χ0) is 26.9. The van der Waals surface area contributed by atoms with Crippen LogP contribution in [-0.4, -0.2) is 30.5 Å². The van der Waals surface area contributed by atoms with Crippen molar-refractivity contribution in [3.05, 3.63) is 94.6 Å². The molecule has 0 radical (unpaired) electrons. The van der Waals surface area contributed by atoms with Gasteiger partial charge >= 0.3 is 0 Å². The molecule has 0 saturated carbocycles. The van der Waals surface area contributed by atoms with Crippen LogP contribution in [0.1, 0.15) is 56.0 Å². The number of hydrogen-bond acceptors (Lipinski definition) is 5. The van der Waals surface area contributed by atoms with Gasteiger partial charge in [-0.15, -0.1) is 0 Å². The van der Waals surface area contributed by atoms with E-state index < -0.39 is 17.7 Å². The number of aryl methyl sites for hydroxylation is 1. The van der Waals surface area contributed by atoms with Crippen molar-refractivity contribution in [1.82, 2.24) is 0 Å². The molecule has 0 aromatic heterocycles. The second-order valence-electron chi connectivity index (χ2n) is 10.2. The largest absolute Gasteiger partial charge is 0.507 e. The van der Waals surface area contributed by atoms with Crippen LogP contribution in [0.4, 0.5) is 5.69 Å². The summed E-state index contributed by atoms with van der Waals surface area (Å²) in [6.07, 6.45) is 0. The van der Waals surface area contributed by atoms with Crippen LogP contribution in [0.5, 0.6) is 11.5 Å². The number of aliphatic hydroxyl groups is 1. The third-order valence-electron chi connectivity index (χ3n) is 6.64. The number of carbonyl (C=O) groups excluding carboxylic acids is 2. The minimum Gasteiger partial charge on any atom is -0.507 e. The summed E-state index contributed by atoms with van der Waals surface area (Å²) in [5.41, 5.74) is 3.62. The summed E-state index contributed by atoms with van der Waals surface area (Å²) < 4.78 is 10.9. The minimum absolute atomic E-state index is 0.0404. The molecule has 1 unspecified atom stereocenters. The maximum absolute atomic E-state index is 13.4. The first-order chi connectivity index (χ1) is 17.6. The molecule has 1 saturated heterocycles. The van der Waals surface area contributed by atoms with E-state index in [4.69, 9.17) is 9.47 Å². The molecule has 6 heteroatoms. The van der Waals surface area contributed by atoms with E-state index in [1.54, 1.807) is 37.4 Å². The maximum atomic E-state index is 13.4. The van der Waals surface area contributed by atoms with Gasteiger partial charge in [0, 0.05) is 11.3 Å². The Balaban J connectivity index is 1.88. The van der Waals surface area contributed by atoms with Crippen molar-refractivity contribution in [3.63, 3.8) is 0 Å². The van der Waals surface area contributed by atoms with Gasteiger partial charge in [-0.1, -0.05) is 45.0 Å². The number of carbonyl (C=O) groups is 2. The number of amides is 1. The topological polar surface area (TPSA) is 76.1 Å². The molecule has 1 amide bonds. The lowest BCUT2D eigenvalue weighted by atomic mass is 9.87. The second kappa shape index (κ2) is 10.1. The smallest absolute Gasteiger partial charge is 0.300 e. The van der Waals surface area contributed by atoms with Crippen LogP contribution in [0.25, 0.3) is 5.76 Å². The molecule has 1 aliphatic rings. The summed E-state index contributed by atoms with van der Waals surface area (Å²) in [6.45, 7) is 10.6. The zero-order valence-corrected chi connectivity index (χ0v) is 22.2. The summed E-state index contributed by atoms with van der Waals surface area (Å²) in [7, 11) is 1.58. The van der Waals surface area contributed by atoms with Crippen molar-refractivity contribution >= 4 is 23.1 Å². The van der Waals surface area contributed by atoms with Crippen LogP contribution in [0.3, 0.4) is 0 Å². The lowest BCUT2D eigenvalue weighted by molar-refractivity contribution is -0.132. The molecule has 1 atom stereocenters. The van der Waals surface area contributed by atoms with Crippen molar-refractivity contribution in [2.45, 2.75) is 46.1 Å². The van der Waals surface area contributed by atoms with Gasteiger partial charge in [0.2, 0.25) is 0 Å². The quantitative estimate of drug-likeness (QED) is 0.244. The van der Waals surface area contributed by atoms with Crippen molar-refractivity contribution in [3.8, 4) is 11.5 Å². The predicted molar refractivity (Wildman–Crippen MR) is 145 cm³/mol. The molecule has 192 valence electrons. The number of rotatable bonds is 6. The molecule has 1 N–H and O–H groups in total. The highest BCUT2D eigenvalue weighted by atomic mass is 16.5. The van der Waals surface area contributed by atoms with E-state index in [0.29, 0.717) is 34.9 Å². The van der Waals surface area contributed by atoms with Gasteiger partial charge in [-0.2, -0.15) is 0 Å². The molecule has 1 heterocycles. The summed E-state index contributed by atoms with van der Waals surface area (Å²) in [4.78, 5) is 28.3. The van der Waals surface area contributed by atoms with Gasteiger partial charge in [0.05, 0.1) is 25.3 Å². The SMILES string of the molecule is CCOc1ccc(/C(O)=C2/C(=O)C(=O)N(c3ccc(C(C)(C)C)cc3)C2c2ccc(OC)cc2)cc1C. The van der Waals surface area contributed by atoms with Gasteiger partial charge in [-0.25, -0.2) is 0 Å². The van der Waals surface area contributed by atoms with Gasteiger partial charge < -0.3 is 14.6 Å². The summed E-state index contributed by atoms with van der Waals surface area (Å²) in [5, 5.41) is 11.4. The number of nitrogens with zero attached hydrogens (tertiary/aromatic N) is 1. The van der Waals surface area contributed by atoms with Crippen molar-refractivity contribution in [2.75, 3.05) is 18.6 Å². The average molecular weight is 500 g/mol. The second-order valence-corrected chi connectivity index (χ2v) is 10.2. The highest BCUT2D eigenvalue weighted by molar-refractivity contribution is 6.51. The Labute approximate surface area is 218 Å². The van der Waals surface area contributed by atoms with Crippen LogP contribution in [0, 0.1) is 6.92 Å². The Morgan fingerprint density at radius 2 is 1.62 bits per heavy atom. The van der Waals surface area contributed by atoms with E-state index in [0.717, 1.165) is 11.1 Å². The Morgan fingerprint density at radius 1 is 0.973 bits per heavy atom. The number of aliphatic hydroxyl groups excluding tert-OH is 1. The molecular weight excluding hydrogens is 466 g/mol. The molecule has 3 aromatic carbocycles. The van der Waals surface area contributed by atoms with Gasteiger partial charge in [-0.05, 0) is 78.4 Å². The van der Waals surface area contributed by atoms with E-state index in [-0.39, 0.29) is 16.7 Å². The minimum atomic E-state index is -0.807. The van der Waals surface area contributed by atoms with Gasteiger partial charge in [0.1, 0.15) is 17.3 Å². The summed E-state index contributed by atoms with van der Waals surface area (Å²) >= 11 is 0. The number of anilines is 1. The molecular formula is C31H33NO5. The van der Waals surface area contributed by atoms with Crippen LogP contribution >= 0.6 is 0 Å². The monoisotopic (exact) mass is 499 g/mol. The summed E-state index contributed by atoms with van der Waals surface area (Å²) in [6, 6.07) is 19.2. The zero-order valence-electron chi connectivity index (χ0n) is 22.2. The predicted octanol–water partition coefficient (Wildman–Crippen LogP) is 6.33. The first-order valence-corrected chi connectivity index (χ1v) is 12.4. The van der Waals surface area contributed by atoms with Gasteiger partial charge in [-0.3, -0.25) is 14.5 Å². The number of hydrogen-bond donors (Lipinski definition) is 1. The molecule has 1 fully saturated rings. The molecule has 1 aliphatic heterocycles. The van der Waals surface area contributed by atoms with E-state index in [9.17, 15) is 14.7 Å². The van der Waals surface area contributed by atoms with Crippen molar-refractivity contribution in [1.29, 1.82) is 0 Å². The Bertz CT molecular complexity index is 1350. The van der Waals surface area contributed by atoms with E-state index >= 15 is 0 Å². The molecule has 4 rings (SSSR count). The normalized spacial score (nSPS) is 17.2. The van der Waals surface area contributed by atoms with Crippen molar-refractivity contribution in [2.24, 2.45) is 0 Å². The molecule has 0 spiro atoms. The molecule has 6 nitrogen and oxygen atoms in total. The summed E-state index contributed by atoms with van der Waals surface area (Å²) in [5.74, 6) is -0.292. The Kier molecular flexibility index (Phi) is 7.12. The molecule has 37 heavy (non-hydrogen) atoms. The Hall–Kier alpha value is -4.06. The maximum Gasteiger partial charge on any atom is 0.300 e. The highest BCUT2D eigenvalue weighted by Gasteiger charge is 2.47. The average Bonchev–Trinajstić information content (AvgIpc) is 3.14. The van der Waals surface area contributed by atoms with Gasteiger partial charge in [0.15, 0.2) is 0 Å². The van der Waals surface area contributed by atoms with E-state index in [1.165, 1.54) is 4.90 Å². The van der Waals surface area contributed by atoms with E-state index in [2.05, 4.69) is 20.8 Å². The van der Waals surface area contributed by atoms with Crippen LogP contribution < -0.4 is 14.4 Å². The van der Waals surface area contributed by atoms with Crippen LogP contribution in [0.2, 0.25) is 0 Å². The number of ketones is 1. The number of methoxy groups -OCH3 is 1. The van der Waals surface area contributed by atoms with Gasteiger partial charge in [0.25, 0.3) is 11.7 Å². The fourth-order valence-corrected chi connectivity index (χ4v) is 4.59. The number of ether oxygens (including phenoxy) is 2. The Morgan fingerprint density at radius 3 is 2.16 bits per heavy atom. The highest BCUT2D eigenvalue weighted by Crippen LogP contribution is 2.43. The van der Waals surface area contributed by atoms with Crippen molar-refractivity contribution < 1.29 is 24.2 Å². The lowest BCUT2D eigenvalue weighted by Crippen LogP contribution is -2.29. The molecule has 0 bridgehead atoms. The van der Waals surface area contributed by atoms with Crippen LogP contribution in [0.15, 0.2) is 72.3 Å². The third-order valence-corrected chi connectivity index (χ3v) is 6.64. The number of benzene rings is 3. The first-order valence-electron chi connectivity index (χ1n) is 12.4. The van der Waals surface area contributed by atoms with Crippen LogP contribution in [-0.2, 0) is 15.0 Å². The fourth-order valence-electron chi connectivity index (χ4n) is 4.59. The first kappa shape index (κ1) is 26.0. The third kappa shape index (κ3) is 4.96. The lowest BCUT2D eigenvalue weighted by Gasteiger charge is -2.27. The number of Topliss-reactive ketones (excluding diaryl/α,β-unsaturated/α-hetero) is 1. The standard InChI is InChI=1S/C31H33NO5/c1-7-37-25-17-10-21(18-19(25)2)28(33)26-27(20-8-15-24(36-6)16-9-20)32(30(35)29(26)34)23-13-11-22(12-14-23)31(3,4)5/h8-18,27,33H,7H2,1-6H3/b28-26-. The molecule has 3 aromatic rings. The molecule has 0 aliphatic carbocycles. The van der Waals surface area contributed by atoms with E-state index in [1.807, 2.05) is 50.2 Å². The fraction of sp³-hybridized carbons (Fsp3) is 0.290.